The topological polar surface area (TPSA) is 38.0 Å². The zero-order valence-electron chi connectivity index (χ0n) is 9.57. The van der Waals surface area contributed by atoms with Crippen LogP contribution in [0, 0.1) is 5.92 Å². The maximum Gasteiger partial charge on any atom is 0.0974 e. The Hall–Kier alpha value is -0.540. The number of aromatic nitrogens is 2. The van der Waals surface area contributed by atoms with E-state index in [2.05, 4.69) is 25.9 Å². The normalized spacial score (nSPS) is 13.5. The van der Waals surface area contributed by atoms with E-state index in [9.17, 15) is 5.11 Å². The molecule has 1 rings (SSSR count). The number of hydrogen-bond acceptors (Lipinski definition) is 2. The van der Waals surface area contributed by atoms with E-state index >= 15 is 0 Å². The maximum absolute atomic E-state index is 10.0. The third-order valence-corrected chi connectivity index (χ3v) is 2.57. The molecule has 0 radical (unpaired) electrons. The lowest BCUT2D eigenvalue weighted by molar-refractivity contribution is 0.140. The summed E-state index contributed by atoms with van der Waals surface area (Å²) in [5.74, 6) is 0.445. The van der Waals surface area contributed by atoms with Crippen LogP contribution in [0.3, 0.4) is 0 Å². The molecule has 1 unspecified atom stereocenters. The summed E-state index contributed by atoms with van der Waals surface area (Å²) in [6.45, 7) is 7.04. The molecule has 0 spiro atoms. The Morgan fingerprint density at radius 1 is 1.53 bits per heavy atom. The predicted molar refractivity (Wildman–Crippen MR) is 61.9 cm³/mol. The second-order valence-corrected chi connectivity index (χ2v) is 4.65. The minimum atomic E-state index is -0.508. The van der Waals surface area contributed by atoms with Gasteiger partial charge >= 0.3 is 0 Å². The summed E-state index contributed by atoms with van der Waals surface area (Å²) >= 11 is 6.02. The van der Waals surface area contributed by atoms with Crippen molar-refractivity contribution in [3.05, 3.63) is 16.9 Å². The summed E-state index contributed by atoms with van der Waals surface area (Å²) in [7, 11) is 0. The average molecular weight is 231 g/mol. The minimum Gasteiger partial charge on any atom is -0.387 e. The van der Waals surface area contributed by atoms with Crippen molar-refractivity contribution in [2.75, 3.05) is 0 Å². The number of nitrogens with zero attached hydrogens (tertiary/aromatic N) is 2. The van der Waals surface area contributed by atoms with Crippen molar-refractivity contribution in [1.82, 2.24) is 9.78 Å². The van der Waals surface area contributed by atoms with Gasteiger partial charge in [0.15, 0.2) is 0 Å². The molecule has 3 nitrogen and oxygen atoms in total. The first kappa shape index (κ1) is 12.5. The van der Waals surface area contributed by atoms with Gasteiger partial charge in [0.1, 0.15) is 0 Å². The SMILES string of the molecule is CCCn1ncc(Cl)c1C(O)CC(C)C. The van der Waals surface area contributed by atoms with Crippen molar-refractivity contribution in [3.8, 4) is 0 Å². The number of aliphatic hydroxyl groups excluding tert-OH is 1. The monoisotopic (exact) mass is 230 g/mol. The van der Waals surface area contributed by atoms with Crippen molar-refractivity contribution < 1.29 is 5.11 Å². The van der Waals surface area contributed by atoms with Crippen LogP contribution >= 0.6 is 11.6 Å². The molecule has 0 fully saturated rings. The molecular formula is C11H19ClN2O. The van der Waals surface area contributed by atoms with Gasteiger partial charge in [-0.2, -0.15) is 5.10 Å². The number of aryl methyl sites for hydroxylation is 1. The number of hydrogen-bond donors (Lipinski definition) is 1. The molecule has 0 amide bonds. The van der Waals surface area contributed by atoms with Crippen LogP contribution in [0.4, 0.5) is 0 Å². The van der Waals surface area contributed by atoms with E-state index in [0.29, 0.717) is 10.9 Å². The Morgan fingerprint density at radius 3 is 2.73 bits per heavy atom. The van der Waals surface area contributed by atoms with Gasteiger partial charge in [0.25, 0.3) is 0 Å². The Bertz CT molecular complexity index is 310. The molecule has 1 atom stereocenters. The highest BCUT2D eigenvalue weighted by molar-refractivity contribution is 6.31. The van der Waals surface area contributed by atoms with Crippen LogP contribution < -0.4 is 0 Å². The van der Waals surface area contributed by atoms with Gasteiger partial charge < -0.3 is 5.11 Å². The van der Waals surface area contributed by atoms with Crippen LogP contribution in [-0.2, 0) is 6.54 Å². The van der Waals surface area contributed by atoms with E-state index in [1.165, 1.54) is 0 Å². The molecule has 0 aliphatic heterocycles. The highest BCUT2D eigenvalue weighted by Crippen LogP contribution is 2.27. The van der Waals surface area contributed by atoms with E-state index < -0.39 is 6.10 Å². The smallest absolute Gasteiger partial charge is 0.0974 e. The second kappa shape index (κ2) is 5.52. The van der Waals surface area contributed by atoms with Crippen LogP contribution in [0.1, 0.15) is 45.4 Å². The summed E-state index contributed by atoms with van der Waals surface area (Å²) < 4.78 is 1.80. The maximum atomic E-state index is 10.0. The van der Waals surface area contributed by atoms with E-state index in [-0.39, 0.29) is 0 Å². The molecule has 0 aliphatic carbocycles. The third kappa shape index (κ3) is 3.21. The third-order valence-electron chi connectivity index (χ3n) is 2.28. The first-order valence-electron chi connectivity index (χ1n) is 5.45. The number of rotatable bonds is 5. The van der Waals surface area contributed by atoms with Crippen molar-refractivity contribution in [2.24, 2.45) is 5.92 Å². The highest BCUT2D eigenvalue weighted by Gasteiger charge is 2.18. The van der Waals surface area contributed by atoms with E-state index in [1.54, 1.807) is 10.9 Å². The molecular weight excluding hydrogens is 212 g/mol. The van der Waals surface area contributed by atoms with Gasteiger partial charge in [-0.15, -0.1) is 0 Å². The fourth-order valence-electron chi connectivity index (χ4n) is 1.65. The lowest BCUT2D eigenvalue weighted by Gasteiger charge is -2.15. The van der Waals surface area contributed by atoms with Crippen LogP contribution in [0.2, 0.25) is 5.02 Å². The van der Waals surface area contributed by atoms with E-state index in [4.69, 9.17) is 11.6 Å². The first-order chi connectivity index (χ1) is 7.06. The molecule has 0 aliphatic rings. The van der Waals surface area contributed by atoms with Gasteiger partial charge in [-0.05, 0) is 18.8 Å². The first-order valence-corrected chi connectivity index (χ1v) is 5.83. The van der Waals surface area contributed by atoms with Gasteiger partial charge in [-0.25, -0.2) is 0 Å². The van der Waals surface area contributed by atoms with Crippen molar-refractivity contribution in [2.45, 2.75) is 46.3 Å². The lowest BCUT2D eigenvalue weighted by atomic mass is 10.0. The summed E-state index contributed by atoms with van der Waals surface area (Å²) in [6, 6.07) is 0. The molecule has 4 heteroatoms. The molecule has 1 N–H and O–H groups in total. The summed E-state index contributed by atoms with van der Waals surface area (Å²) in [5, 5.41) is 14.7. The molecule has 0 saturated heterocycles. The lowest BCUT2D eigenvalue weighted by Crippen LogP contribution is -2.11. The van der Waals surface area contributed by atoms with E-state index in [0.717, 1.165) is 25.1 Å². The molecule has 1 heterocycles. The summed E-state index contributed by atoms with van der Waals surface area (Å²) in [4.78, 5) is 0. The Morgan fingerprint density at radius 2 is 2.20 bits per heavy atom. The highest BCUT2D eigenvalue weighted by atomic mass is 35.5. The minimum absolute atomic E-state index is 0.445. The summed E-state index contributed by atoms with van der Waals surface area (Å²) in [5.41, 5.74) is 0.757. The fourth-order valence-corrected chi connectivity index (χ4v) is 1.92. The van der Waals surface area contributed by atoms with Crippen LogP contribution in [0.25, 0.3) is 0 Å². The predicted octanol–water partition coefficient (Wildman–Crippen LogP) is 3.03. The molecule has 15 heavy (non-hydrogen) atoms. The molecule has 0 aromatic carbocycles. The van der Waals surface area contributed by atoms with Gasteiger partial charge in [0.2, 0.25) is 0 Å². The van der Waals surface area contributed by atoms with Gasteiger partial charge in [-0.1, -0.05) is 32.4 Å². The van der Waals surface area contributed by atoms with Gasteiger partial charge in [-0.3, -0.25) is 4.68 Å². The fraction of sp³-hybridized carbons (Fsp3) is 0.727. The number of halogens is 1. The largest absolute Gasteiger partial charge is 0.387 e. The van der Waals surface area contributed by atoms with Gasteiger partial charge in [0, 0.05) is 6.54 Å². The van der Waals surface area contributed by atoms with E-state index in [1.807, 2.05) is 0 Å². The van der Waals surface area contributed by atoms with Crippen LogP contribution in [-0.4, -0.2) is 14.9 Å². The number of aliphatic hydroxyl groups is 1. The average Bonchev–Trinajstić information content (AvgIpc) is 2.46. The zero-order chi connectivity index (χ0) is 11.4. The zero-order valence-corrected chi connectivity index (χ0v) is 10.3. The molecule has 1 aromatic heterocycles. The van der Waals surface area contributed by atoms with Crippen LogP contribution in [0.15, 0.2) is 6.20 Å². The second-order valence-electron chi connectivity index (χ2n) is 4.25. The van der Waals surface area contributed by atoms with Crippen molar-refractivity contribution in [1.29, 1.82) is 0 Å². The van der Waals surface area contributed by atoms with Gasteiger partial charge in [0.05, 0.1) is 23.0 Å². The Kier molecular flexibility index (Phi) is 4.61. The standard InChI is InChI=1S/C11H19ClN2O/c1-4-5-14-11(9(12)7-13-14)10(15)6-8(2)3/h7-8,10,15H,4-6H2,1-3H3. The van der Waals surface area contributed by atoms with Crippen molar-refractivity contribution >= 4 is 11.6 Å². The van der Waals surface area contributed by atoms with Crippen molar-refractivity contribution in [3.63, 3.8) is 0 Å². The molecule has 0 bridgehead atoms. The quantitative estimate of drug-likeness (QED) is 0.845. The molecule has 0 saturated carbocycles. The molecule has 1 aromatic rings. The summed E-state index contributed by atoms with van der Waals surface area (Å²) in [6.07, 6.45) is 2.80. The van der Waals surface area contributed by atoms with Crippen LogP contribution in [0.5, 0.6) is 0 Å². The Balaban J connectivity index is 2.85. The Labute approximate surface area is 96.1 Å². The molecule has 86 valence electrons.